The molecule has 1 aromatic carbocycles. The summed E-state index contributed by atoms with van der Waals surface area (Å²) in [5.74, 6) is 1.24. The first-order valence-electron chi connectivity index (χ1n) is 9.17. The van der Waals surface area contributed by atoms with Crippen LogP contribution >= 0.6 is 35.7 Å². The molecule has 1 N–H and O–H groups in total. The van der Waals surface area contributed by atoms with Crippen molar-refractivity contribution in [1.29, 1.82) is 0 Å². The number of nitrogens with zero attached hydrogens (tertiary/aromatic N) is 3. The Hall–Kier alpha value is -1.68. The zero-order valence-corrected chi connectivity index (χ0v) is 19.4. The van der Waals surface area contributed by atoms with Crippen LogP contribution in [0, 0.1) is 0 Å². The minimum atomic E-state index is -0.0459. The van der Waals surface area contributed by atoms with Crippen molar-refractivity contribution in [3.05, 3.63) is 54.5 Å². The van der Waals surface area contributed by atoms with E-state index in [9.17, 15) is 4.79 Å². The van der Waals surface area contributed by atoms with Crippen molar-refractivity contribution in [2.75, 3.05) is 39.8 Å². The number of rotatable bonds is 5. The molecule has 1 aromatic heterocycles. The standard InChI is InChI=1S/C20H26N4O2S.HI/c1-16(27-17-7-4-3-5-8-17)15-22-20(21-2)24-12-10-23(11-13-24)19(25)18-9-6-14-26-18;/h3-9,14,16H,10-13,15H2,1-2H3,(H,21,22);1H. The molecule has 1 saturated heterocycles. The molecule has 1 amide bonds. The number of carbonyl (C=O) groups excluding carboxylic acids is 1. The van der Waals surface area contributed by atoms with Crippen molar-refractivity contribution in [1.82, 2.24) is 15.1 Å². The van der Waals surface area contributed by atoms with Gasteiger partial charge in [-0.05, 0) is 24.3 Å². The van der Waals surface area contributed by atoms with Gasteiger partial charge in [0, 0.05) is 49.9 Å². The Balaban J connectivity index is 0.00000280. The predicted octanol–water partition coefficient (Wildman–Crippen LogP) is 3.41. The Labute approximate surface area is 187 Å². The van der Waals surface area contributed by atoms with Crippen LogP contribution in [0.5, 0.6) is 0 Å². The minimum absolute atomic E-state index is 0. The number of benzene rings is 1. The van der Waals surface area contributed by atoms with Gasteiger partial charge in [0.2, 0.25) is 0 Å². The number of thioether (sulfide) groups is 1. The normalized spacial score (nSPS) is 15.7. The van der Waals surface area contributed by atoms with Crippen LogP contribution in [-0.4, -0.2) is 66.7 Å². The van der Waals surface area contributed by atoms with Gasteiger partial charge in [-0.3, -0.25) is 9.79 Å². The third-order valence-corrected chi connectivity index (χ3v) is 5.55. The zero-order chi connectivity index (χ0) is 19.1. The summed E-state index contributed by atoms with van der Waals surface area (Å²) in [6.07, 6.45) is 1.53. The third-order valence-electron chi connectivity index (χ3n) is 4.44. The van der Waals surface area contributed by atoms with Crippen LogP contribution in [0.1, 0.15) is 17.5 Å². The van der Waals surface area contributed by atoms with Gasteiger partial charge in [-0.25, -0.2) is 0 Å². The van der Waals surface area contributed by atoms with Gasteiger partial charge in [-0.2, -0.15) is 0 Å². The molecular formula is C20H27IN4O2S. The second-order valence-corrected chi connectivity index (χ2v) is 7.94. The highest BCUT2D eigenvalue weighted by Crippen LogP contribution is 2.22. The lowest BCUT2D eigenvalue weighted by atomic mass is 10.3. The summed E-state index contributed by atoms with van der Waals surface area (Å²) in [6.45, 7) is 5.87. The lowest BCUT2D eigenvalue weighted by Gasteiger charge is -2.36. The molecular weight excluding hydrogens is 487 g/mol. The number of aliphatic imine (C=N–C) groups is 1. The van der Waals surface area contributed by atoms with Crippen molar-refractivity contribution in [2.45, 2.75) is 17.1 Å². The Morgan fingerprint density at radius 1 is 1.14 bits per heavy atom. The van der Waals surface area contributed by atoms with Gasteiger partial charge in [0.15, 0.2) is 11.7 Å². The van der Waals surface area contributed by atoms with Crippen LogP contribution in [-0.2, 0) is 0 Å². The van der Waals surface area contributed by atoms with E-state index in [1.807, 2.05) is 22.7 Å². The summed E-state index contributed by atoms with van der Waals surface area (Å²) in [4.78, 5) is 22.1. The summed E-state index contributed by atoms with van der Waals surface area (Å²) in [5, 5.41) is 3.89. The van der Waals surface area contributed by atoms with Gasteiger partial charge < -0.3 is 19.5 Å². The van der Waals surface area contributed by atoms with E-state index >= 15 is 0 Å². The highest BCUT2D eigenvalue weighted by molar-refractivity contribution is 14.0. The van der Waals surface area contributed by atoms with Gasteiger partial charge in [-0.1, -0.05) is 25.1 Å². The lowest BCUT2D eigenvalue weighted by Crippen LogP contribution is -2.54. The minimum Gasteiger partial charge on any atom is -0.459 e. The highest BCUT2D eigenvalue weighted by Gasteiger charge is 2.25. The summed E-state index contributed by atoms with van der Waals surface area (Å²) < 4.78 is 5.21. The number of carbonyl (C=O) groups is 1. The first-order chi connectivity index (χ1) is 13.2. The SMILES string of the molecule is CN=C(NCC(C)Sc1ccccc1)N1CCN(C(=O)c2ccco2)CC1.I. The molecule has 3 rings (SSSR count). The lowest BCUT2D eigenvalue weighted by molar-refractivity contribution is 0.0658. The maximum atomic E-state index is 12.4. The fraction of sp³-hybridized carbons (Fsp3) is 0.400. The first kappa shape index (κ1) is 22.6. The summed E-state index contributed by atoms with van der Waals surface area (Å²) >= 11 is 1.85. The number of guanidine groups is 1. The molecule has 0 radical (unpaired) electrons. The van der Waals surface area contributed by atoms with E-state index < -0.39 is 0 Å². The molecule has 1 fully saturated rings. The van der Waals surface area contributed by atoms with E-state index in [-0.39, 0.29) is 29.9 Å². The molecule has 2 heterocycles. The van der Waals surface area contributed by atoms with E-state index in [1.165, 1.54) is 11.2 Å². The second-order valence-electron chi connectivity index (χ2n) is 6.43. The predicted molar refractivity (Wildman–Crippen MR) is 125 cm³/mol. The molecule has 6 nitrogen and oxygen atoms in total. The maximum Gasteiger partial charge on any atom is 0.289 e. The number of hydrogen-bond donors (Lipinski definition) is 1. The molecule has 1 atom stereocenters. The Morgan fingerprint density at radius 3 is 2.43 bits per heavy atom. The zero-order valence-electron chi connectivity index (χ0n) is 16.2. The summed E-state index contributed by atoms with van der Waals surface area (Å²) in [6, 6.07) is 13.9. The van der Waals surface area contributed by atoms with Crippen LogP contribution in [0.25, 0.3) is 0 Å². The Bertz CT molecular complexity index is 747. The largest absolute Gasteiger partial charge is 0.459 e. The number of piperazine rings is 1. The molecule has 0 spiro atoms. The number of halogens is 1. The highest BCUT2D eigenvalue weighted by atomic mass is 127. The maximum absolute atomic E-state index is 12.4. The summed E-state index contributed by atoms with van der Waals surface area (Å²) in [7, 11) is 1.80. The Kier molecular flexibility index (Phi) is 9.17. The van der Waals surface area contributed by atoms with Crippen LogP contribution in [0.4, 0.5) is 0 Å². The monoisotopic (exact) mass is 514 g/mol. The number of furan rings is 1. The van der Waals surface area contributed by atoms with E-state index in [0.29, 0.717) is 24.1 Å². The average molecular weight is 514 g/mol. The molecule has 0 aliphatic carbocycles. The van der Waals surface area contributed by atoms with E-state index in [4.69, 9.17) is 4.42 Å². The van der Waals surface area contributed by atoms with Gasteiger partial charge in [0.05, 0.1) is 6.26 Å². The smallest absolute Gasteiger partial charge is 0.289 e. The topological polar surface area (TPSA) is 61.1 Å². The van der Waals surface area contributed by atoms with E-state index in [1.54, 1.807) is 19.2 Å². The summed E-state index contributed by atoms with van der Waals surface area (Å²) in [5.41, 5.74) is 0. The van der Waals surface area contributed by atoms with Gasteiger partial charge in [0.1, 0.15) is 0 Å². The van der Waals surface area contributed by atoms with Crippen LogP contribution < -0.4 is 5.32 Å². The number of nitrogens with one attached hydrogen (secondary N) is 1. The molecule has 8 heteroatoms. The van der Waals surface area contributed by atoms with Crippen molar-refractivity contribution >= 4 is 47.6 Å². The fourth-order valence-electron chi connectivity index (χ4n) is 3.02. The van der Waals surface area contributed by atoms with Crippen molar-refractivity contribution < 1.29 is 9.21 Å². The number of amides is 1. The van der Waals surface area contributed by atoms with Crippen molar-refractivity contribution in [2.24, 2.45) is 4.99 Å². The molecule has 1 unspecified atom stereocenters. The van der Waals surface area contributed by atoms with E-state index in [2.05, 4.69) is 46.4 Å². The van der Waals surface area contributed by atoms with E-state index in [0.717, 1.165) is 25.6 Å². The molecule has 0 bridgehead atoms. The third kappa shape index (κ3) is 6.16. The molecule has 152 valence electrons. The molecule has 2 aromatic rings. The second kappa shape index (κ2) is 11.4. The van der Waals surface area contributed by atoms with Gasteiger partial charge in [-0.15, -0.1) is 35.7 Å². The molecule has 1 aliphatic rings. The molecule has 28 heavy (non-hydrogen) atoms. The van der Waals surface area contributed by atoms with Gasteiger partial charge >= 0.3 is 0 Å². The average Bonchev–Trinajstić information content (AvgIpc) is 3.24. The Morgan fingerprint density at radius 2 is 1.82 bits per heavy atom. The molecule has 0 saturated carbocycles. The van der Waals surface area contributed by atoms with Crippen LogP contribution in [0.15, 0.2) is 63.0 Å². The van der Waals surface area contributed by atoms with Crippen molar-refractivity contribution in [3.8, 4) is 0 Å². The first-order valence-corrected chi connectivity index (χ1v) is 10.1. The number of hydrogen-bond acceptors (Lipinski definition) is 4. The van der Waals surface area contributed by atoms with Crippen molar-refractivity contribution in [3.63, 3.8) is 0 Å². The van der Waals surface area contributed by atoms with Crippen LogP contribution in [0.2, 0.25) is 0 Å². The molecule has 1 aliphatic heterocycles. The van der Waals surface area contributed by atoms with Gasteiger partial charge in [0.25, 0.3) is 5.91 Å². The quantitative estimate of drug-likeness (QED) is 0.287. The van der Waals surface area contributed by atoms with Crippen LogP contribution in [0.3, 0.4) is 0 Å². The fourth-order valence-corrected chi connectivity index (χ4v) is 3.96.